The van der Waals surface area contributed by atoms with Crippen molar-refractivity contribution in [1.29, 1.82) is 0 Å². The summed E-state index contributed by atoms with van der Waals surface area (Å²) < 4.78 is 42.5. The molecule has 1 atom stereocenters. The number of likely N-dealkylation sites (N-methyl/N-ethyl adjacent to an activating group) is 1. The number of carbonyl (C=O) groups excluding carboxylic acids is 1. The van der Waals surface area contributed by atoms with Crippen LogP contribution >= 0.6 is 12.4 Å². The molecule has 1 fully saturated rings. The Morgan fingerprint density at radius 2 is 1.96 bits per heavy atom. The zero-order chi connectivity index (χ0) is 17.0. The van der Waals surface area contributed by atoms with Gasteiger partial charge >= 0.3 is 6.18 Å². The van der Waals surface area contributed by atoms with Crippen LogP contribution in [-0.2, 0) is 11.0 Å². The molecule has 2 N–H and O–H groups in total. The van der Waals surface area contributed by atoms with Gasteiger partial charge in [0, 0.05) is 26.7 Å². The summed E-state index contributed by atoms with van der Waals surface area (Å²) >= 11 is 0. The topological polar surface area (TPSA) is 61.8 Å². The zero-order valence-electron chi connectivity index (χ0n) is 13.0. The maximum Gasteiger partial charge on any atom is 0.416 e. The minimum absolute atomic E-state index is 0. The molecule has 1 unspecified atom stereocenters. The SMILES string of the molecule is CN(CC(O)COc1ccc(C(F)(F)F)cc1)C(=O)C1CNC1.Cl. The number of benzene rings is 1. The molecule has 0 bridgehead atoms. The number of hydrogen-bond donors (Lipinski definition) is 2. The Balaban J connectivity index is 0.00000288. The van der Waals surface area contributed by atoms with Gasteiger partial charge in [0.05, 0.1) is 11.5 Å². The highest BCUT2D eigenvalue weighted by atomic mass is 35.5. The molecule has 2 rings (SSSR count). The Labute approximate surface area is 144 Å². The Hall–Kier alpha value is -1.51. The van der Waals surface area contributed by atoms with Gasteiger partial charge in [-0.1, -0.05) is 0 Å². The normalized spacial score (nSPS) is 15.9. The van der Waals surface area contributed by atoms with Crippen LogP contribution in [0.25, 0.3) is 0 Å². The number of hydrogen-bond acceptors (Lipinski definition) is 4. The second kappa shape index (κ2) is 8.55. The Morgan fingerprint density at radius 3 is 2.42 bits per heavy atom. The van der Waals surface area contributed by atoms with Crippen molar-refractivity contribution in [2.75, 3.05) is 33.3 Å². The van der Waals surface area contributed by atoms with Crippen molar-refractivity contribution in [2.45, 2.75) is 12.3 Å². The number of aliphatic hydroxyl groups excluding tert-OH is 1. The Kier molecular flexibility index (Phi) is 7.31. The van der Waals surface area contributed by atoms with Crippen LogP contribution in [0.3, 0.4) is 0 Å². The number of halogens is 4. The molecular formula is C15H20ClF3N2O3. The van der Waals surface area contributed by atoms with Crippen molar-refractivity contribution in [3.63, 3.8) is 0 Å². The number of nitrogens with one attached hydrogen (secondary N) is 1. The molecule has 0 aromatic heterocycles. The maximum absolute atomic E-state index is 12.4. The molecule has 0 aliphatic carbocycles. The minimum atomic E-state index is -4.39. The van der Waals surface area contributed by atoms with E-state index in [1.165, 1.54) is 17.0 Å². The first kappa shape index (κ1) is 20.5. The average molecular weight is 369 g/mol. The fourth-order valence-electron chi connectivity index (χ4n) is 2.17. The van der Waals surface area contributed by atoms with Crippen molar-refractivity contribution in [3.05, 3.63) is 29.8 Å². The molecule has 1 aromatic rings. The van der Waals surface area contributed by atoms with Gasteiger partial charge in [-0.2, -0.15) is 13.2 Å². The summed E-state index contributed by atoms with van der Waals surface area (Å²) in [5.41, 5.74) is -0.759. The van der Waals surface area contributed by atoms with Crippen molar-refractivity contribution in [2.24, 2.45) is 5.92 Å². The predicted octanol–water partition coefficient (Wildman–Crippen LogP) is 1.54. The monoisotopic (exact) mass is 368 g/mol. The lowest BCUT2D eigenvalue weighted by Crippen LogP contribution is -2.52. The molecule has 9 heteroatoms. The van der Waals surface area contributed by atoms with Gasteiger partial charge < -0.3 is 20.1 Å². The van der Waals surface area contributed by atoms with Crippen LogP contribution in [0.15, 0.2) is 24.3 Å². The van der Waals surface area contributed by atoms with Crippen molar-refractivity contribution < 1.29 is 27.8 Å². The highest BCUT2D eigenvalue weighted by Crippen LogP contribution is 2.30. The van der Waals surface area contributed by atoms with Gasteiger partial charge in [0.1, 0.15) is 18.5 Å². The molecule has 0 saturated carbocycles. The number of nitrogens with zero attached hydrogens (tertiary/aromatic N) is 1. The molecule has 1 heterocycles. The van der Waals surface area contributed by atoms with Gasteiger partial charge in [0.25, 0.3) is 0 Å². The fraction of sp³-hybridized carbons (Fsp3) is 0.533. The third-order valence-electron chi connectivity index (χ3n) is 3.62. The van der Waals surface area contributed by atoms with Crippen LogP contribution in [0.5, 0.6) is 5.75 Å². The molecule has 1 saturated heterocycles. The number of aliphatic hydroxyl groups is 1. The largest absolute Gasteiger partial charge is 0.491 e. The second-order valence-corrected chi connectivity index (χ2v) is 5.56. The number of ether oxygens (including phenoxy) is 1. The third kappa shape index (κ3) is 5.54. The molecular weight excluding hydrogens is 349 g/mol. The third-order valence-corrected chi connectivity index (χ3v) is 3.62. The van der Waals surface area contributed by atoms with E-state index in [0.717, 1.165) is 12.1 Å². The Bertz CT molecular complexity index is 536. The van der Waals surface area contributed by atoms with Gasteiger partial charge in [0.15, 0.2) is 0 Å². The lowest BCUT2D eigenvalue weighted by molar-refractivity contribution is -0.138. The van der Waals surface area contributed by atoms with Gasteiger partial charge in [-0.15, -0.1) is 12.4 Å². The van der Waals surface area contributed by atoms with Crippen LogP contribution < -0.4 is 10.1 Å². The van der Waals surface area contributed by atoms with Gasteiger partial charge in [-0.25, -0.2) is 0 Å². The fourth-order valence-corrected chi connectivity index (χ4v) is 2.17. The van der Waals surface area contributed by atoms with Crippen LogP contribution in [0, 0.1) is 5.92 Å². The van der Waals surface area contributed by atoms with Crippen LogP contribution in [0.4, 0.5) is 13.2 Å². The predicted molar refractivity (Wildman–Crippen MR) is 84.2 cm³/mol. The van der Waals surface area contributed by atoms with Crippen molar-refractivity contribution in [3.8, 4) is 5.75 Å². The summed E-state index contributed by atoms with van der Waals surface area (Å²) in [5, 5.41) is 12.9. The second-order valence-electron chi connectivity index (χ2n) is 5.56. The summed E-state index contributed by atoms with van der Waals surface area (Å²) in [4.78, 5) is 13.3. The van der Waals surface area contributed by atoms with E-state index >= 15 is 0 Å². The van der Waals surface area contributed by atoms with Crippen LogP contribution in [0.1, 0.15) is 5.56 Å². The van der Waals surface area contributed by atoms with E-state index in [2.05, 4.69) is 5.32 Å². The standard InChI is InChI=1S/C15H19F3N2O3.ClH/c1-20(14(22)10-6-19-7-10)8-12(21)9-23-13-4-2-11(3-5-13)15(16,17)18;/h2-5,10,12,19,21H,6-9H2,1H3;1H. The summed E-state index contributed by atoms with van der Waals surface area (Å²) in [7, 11) is 1.60. The number of amides is 1. The van der Waals surface area contributed by atoms with Crippen LogP contribution in [-0.4, -0.2) is 55.3 Å². The first-order valence-electron chi connectivity index (χ1n) is 7.21. The van der Waals surface area contributed by atoms with E-state index in [1.54, 1.807) is 7.05 Å². The summed E-state index contributed by atoms with van der Waals surface area (Å²) in [6.45, 7) is 1.28. The molecule has 0 spiro atoms. The summed E-state index contributed by atoms with van der Waals surface area (Å²) in [6, 6.07) is 4.23. The molecule has 5 nitrogen and oxygen atoms in total. The molecule has 1 aliphatic heterocycles. The maximum atomic E-state index is 12.4. The highest BCUT2D eigenvalue weighted by molar-refractivity contribution is 5.85. The molecule has 136 valence electrons. The van der Waals surface area contributed by atoms with Gasteiger partial charge in [0.2, 0.25) is 5.91 Å². The van der Waals surface area contributed by atoms with Crippen molar-refractivity contribution in [1.82, 2.24) is 10.2 Å². The quantitative estimate of drug-likeness (QED) is 0.799. The molecule has 24 heavy (non-hydrogen) atoms. The Morgan fingerprint density at radius 1 is 1.38 bits per heavy atom. The van der Waals surface area contributed by atoms with Crippen molar-refractivity contribution >= 4 is 18.3 Å². The van der Waals surface area contributed by atoms with Crippen LogP contribution in [0.2, 0.25) is 0 Å². The average Bonchev–Trinajstić information content (AvgIpc) is 2.42. The first-order chi connectivity index (χ1) is 10.8. The minimum Gasteiger partial charge on any atom is -0.491 e. The van der Waals surface area contributed by atoms with Gasteiger partial charge in [-0.3, -0.25) is 4.79 Å². The van der Waals surface area contributed by atoms with E-state index in [0.29, 0.717) is 13.1 Å². The molecule has 1 aliphatic rings. The number of carbonyl (C=O) groups is 1. The van der Waals surface area contributed by atoms with E-state index < -0.39 is 17.8 Å². The number of alkyl halides is 3. The van der Waals surface area contributed by atoms with E-state index in [-0.39, 0.29) is 43.1 Å². The lowest BCUT2D eigenvalue weighted by atomic mass is 10.0. The first-order valence-corrected chi connectivity index (χ1v) is 7.21. The summed E-state index contributed by atoms with van der Waals surface area (Å²) in [6.07, 6.45) is -5.31. The van der Waals surface area contributed by atoms with E-state index in [9.17, 15) is 23.1 Å². The van der Waals surface area contributed by atoms with Gasteiger partial charge in [-0.05, 0) is 24.3 Å². The molecule has 0 radical (unpaired) electrons. The zero-order valence-corrected chi connectivity index (χ0v) is 13.9. The smallest absolute Gasteiger partial charge is 0.416 e. The molecule has 1 amide bonds. The lowest BCUT2D eigenvalue weighted by Gasteiger charge is -2.31. The van der Waals surface area contributed by atoms with E-state index in [4.69, 9.17) is 4.74 Å². The number of rotatable bonds is 6. The molecule has 1 aromatic carbocycles. The summed E-state index contributed by atoms with van der Waals surface area (Å²) in [5.74, 6) is 0.134. The van der Waals surface area contributed by atoms with E-state index in [1.807, 2.05) is 0 Å². The highest BCUT2D eigenvalue weighted by Gasteiger charge is 2.30.